The van der Waals surface area contributed by atoms with E-state index in [2.05, 4.69) is 46.7 Å². The normalized spacial score (nSPS) is 15.8. The van der Waals surface area contributed by atoms with E-state index in [9.17, 15) is 9.90 Å². The Kier molecular flexibility index (Phi) is 7.03. The lowest BCUT2D eigenvalue weighted by atomic mass is 9.76. The molecule has 0 atom stereocenters. The van der Waals surface area contributed by atoms with E-state index in [1.54, 1.807) is 19.4 Å². The summed E-state index contributed by atoms with van der Waals surface area (Å²) in [6.45, 7) is 12.4. The van der Waals surface area contributed by atoms with Crippen LogP contribution in [0.4, 0.5) is 22.1 Å². The van der Waals surface area contributed by atoms with Crippen molar-refractivity contribution in [2.75, 3.05) is 35.6 Å². The fraction of sp³-hybridized carbons (Fsp3) is 0.379. The van der Waals surface area contributed by atoms with Gasteiger partial charge in [-0.25, -0.2) is 19.7 Å². The molecule has 1 aliphatic heterocycles. The number of nitrogen functional groups attached to an aromatic ring is 1. The first kappa shape index (κ1) is 26.3. The molecule has 3 heterocycles. The Balaban J connectivity index is 1.40. The number of rotatable bonds is 6. The molecular weight excluding hydrogens is 494 g/mol. The molecule has 0 saturated carbocycles. The number of aryl methyl sites for hydroxylation is 1. The lowest BCUT2D eigenvalue weighted by molar-refractivity contribution is 0.161. The second-order valence-electron chi connectivity index (χ2n) is 10.8. The minimum Gasteiger partial charge on any atom is -0.491 e. The van der Waals surface area contributed by atoms with Crippen LogP contribution in [-0.2, 0) is 19.4 Å². The fourth-order valence-corrected chi connectivity index (χ4v) is 5.28. The predicted octanol–water partition coefficient (Wildman–Crippen LogP) is 4.92. The zero-order valence-electron chi connectivity index (χ0n) is 22.7. The van der Waals surface area contributed by atoms with Crippen molar-refractivity contribution in [2.24, 2.45) is 5.41 Å². The van der Waals surface area contributed by atoms with Gasteiger partial charge in [0.25, 0.3) is 0 Å². The topological polar surface area (TPSA) is 130 Å². The number of nitrogens with two attached hydrogens (primary N) is 1. The summed E-state index contributed by atoms with van der Waals surface area (Å²) in [5.74, 6) is 2.39. The smallest absolute Gasteiger partial charge is 0.412 e. The Bertz CT molecular complexity index is 1420. The molecule has 1 aromatic carbocycles. The molecule has 0 fully saturated rings. The van der Waals surface area contributed by atoms with E-state index >= 15 is 0 Å². The zero-order valence-corrected chi connectivity index (χ0v) is 22.7. The molecule has 204 valence electrons. The van der Waals surface area contributed by atoms with Gasteiger partial charge in [0.1, 0.15) is 30.3 Å². The summed E-state index contributed by atoms with van der Waals surface area (Å²) in [4.78, 5) is 28.5. The Morgan fingerprint density at radius 1 is 1.26 bits per heavy atom. The van der Waals surface area contributed by atoms with Crippen LogP contribution in [0.5, 0.6) is 5.75 Å². The number of ether oxygens (including phenoxy) is 1. The van der Waals surface area contributed by atoms with Gasteiger partial charge in [-0.15, -0.1) is 0 Å². The summed E-state index contributed by atoms with van der Waals surface area (Å²) in [7, 11) is 0. The third-order valence-electron chi connectivity index (χ3n) is 7.43. The van der Waals surface area contributed by atoms with Crippen molar-refractivity contribution in [3.63, 3.8) is 0 Å². The van der Waals surface area contributed by atoms with E-state index in [1.165, 1.54) is 5.56 Å². The molecule has 39 heavy (non-hydrogen) atoms. The number of nitrogens with zero attached hydrogens (tertiary/aromatic N) is 5. The van der Waals surface area contributed by atoms with E-state index in [-0.39, 0.29) is 17.8 Å². The van der Waals surface area contributed by atoms with Crippen molar-refractivity contribution in [3.8, 4) is 16.9 Å². The number of carboxylic acid groups (broad SMARTS) is 1. The molecule has 0 spiro atoms. The van der Waals surface area contributed by atoms with Crippen molar-refractivity contribution >= 4 is 23.4 Å². The first-order valence-corrected chi connectivity index (χ1v) is 13.2. The van der Waals surface area contributed by atoms with Gasteiger partial charge in [-0.05, 0) is 55.4 Å². The van der Waals surface area contributed by atoms with Gasteiger partial charge in [-0.2, -0.15) is 0 Å². The van der Waals surface area contributed by atoms with Crippen LogP contribution < -0.4 is 20.7 Å². The number of anilines is 3. The van der Waals surface area contributed by atoms with Gasteiger partial charge in [0.15, 0.2) is 5.82 Å². The monoisotopic (exact) mass is 529 g/mol. The van der Waals surface area contributed by atoms with E-state index in [0.717, 1.165) is 64.7 Å². The van der Waals surface area contributed by atoms with E-state index in [0.29, 0.717) is 24.7 Å². The Morgan fingerprint density at radius 2 is 2.08 bits per heavy atom. The highest BCUT2D eigenvalue weighted by Gasteiger charge is 2.30. The number of fused-ring (bicyclic) bond motifs is 2. The van der Waals surface area contributed by atoms with Crippen molar-refractivity contribution < 1.29 is 14.6 Å². The lowest BCUT2D eigenvalue weighted by Gasteiger charge is -2.33. The molecule has 0 radical (unpaired) electrons. The number of aromatic nitrogens is 3. The summed E-state index contributed by atoms with van der Waals surface area (Å²) in [6, 6.07) is 7.91. The average Bonchev–Trinajstić information content (AvgIpc) is 3.11. The molecule has 0 saturated heterocycles. The van der Waals surface area contributed by atoms with Crippen molar-refractivity contribution in [3.05, 3.63) is 66.0 Å². The van der Waals surface area contributed by atoms with Gasteiger partial charge < -0.3 is 25.8 Å². The van der Waals surface area contributed by atoms with Crippen LogP contribution in [0.15, 0.2) is 49.2 Å². The number of hydrogen-bond donors (Lipinski definition) is 3. The SMILES string of the molecule is C=C(Nc1ncc(-c2ccc3c(c2)CN(c2ncnc4c2CC(C)(C)CC4)CCO3)cc1N)N(CC)C(=O)O. The number of benzene rings is 1. The highest BCUT2D eigenvalue weighted by molar-refractivity contribution is 5.75. The van der Waals surface area contributed by atoms with Gasteiger partial charge in [0.2, 0.25) is 0 Å². The van der Waals surface area contributed by atoms with Gasteiger partial charge in [-0.1, -0.05) is 26.5 Å². The number of carbonyl (C=O) groups is 1. The molecule has 0 unspecified atom stereocenters. The first-order chi connectivity index (χ1) is 18.6. The Labute approximate surface area is 228 Å². The molecule has 2 aromatic heterocycles. The summed E-state index contributed by atoms with van der Waals surface area (Å²) < 4.78 is 6.12. The van der Waals surface area contributed by atoms with Crippen LogP contribution >= 0.6 is 0 Å². The van der Waals surface area contributed by atoms with Crippen molar-refractivity contribution in [1.82, 2.24) is 19.9 Å². The van der Waals surface area contributed by atoms with E-state index in [1.807, 2.05) is 18.2 Å². The highest BCUT2D eigenvalue weighted by atomic mass is 16.5. The van der Waals surface area contributed by atoms with Gasteiger partial charge in [-0.3, -0.25) is 4.90 Å². The highest BCUT2D eigenvalue weighted by Crippen LogP contribution is 2.39. The number of nitrogens with one attached hydrogen (secondary N) is 1. The Hall–Kier alpha value is -4.34. The van der Waals surface area contributed by atoms with Crippen LogP contribution in [0.25, 0.3) is 11.1 Å². The van der Waals surface area contributed by atoms with E-state index in [4.69, 9.17) is 15.5 Å². The van der Waals surface area contributed by atoms with Crippen molar-refractivity contribution in [2.45, 2.75) is 46.6 Å². The quantitative estimate of drug-likeness (QED) is 0.407. The average molecular weight is 530 g/mol. The third-order valence-corrected chi connectivity index (χ3v) is 7.43. The van der Waals surface area contributed by atoms with Crippen LogP contribution in [0.2, 0.25) is 0 Å². The molecule has 2 aliphatic rings. The molecule has 5 rings (SSSR count). The second-order valence-corrected chi connectivity index (χ2v) is 10.8. The summed E-state index contributed by atoms with van der Waals surface area (Å²) >= 11 is 0. The second kappa shape index (κ2) is 10.4. The number of hydrogen-bond acceptors (Lipinski definition) is 8. The summed E-state index contributed by atoms with van der Waals surface area (Å²) in [6.07, 6.45) is 5.36. The van der Waals surface area contributed by atoms with Crippen LogP contribution in [0.3, 0.4) is 0 Å². The van der Waals surface area contributed by atoms with Crippen LogP contribution in [0, 0.1) is 5.41 Å². The molecule has 1 aliphatic carbocycles. The minimum absolute atomic E-state index is 0.189. The largest absolute Gasteiger partial charge is 0.491 e. The van der Waals surface area contributed by atoms with Crippen molar-refractivity contribution in [1.29, 1.82) is 0 Å². The van der Waals surface area contributed by atoms with E-state index < -0.39 is 6.09 Å². The summed E-state index contributed by atoms with van der Waals surface area (Å²) in [5, 5.41) is 12.2. The molecule has 3 aromatic rings. The molecule has 4 N–H and O–H groups in total. The third kappa shape index (κ3) is 5.45. The maximum Gasteiger partial charge on any atom is 0.412 e. The lowest BCUT2D eigenvalue weighted by Crippen LogP contribution is -2.31. The molecule has 0 bridgehead atoms. The fourth-order valence-electron chi connectivity index (χ4n) is 5.28. The summed E-state index contributed by atoms with van der Waals surface area (Å²) in [5.41, 5.74) is 12.2. The van der Waals surface area contributed by atoms with Gasteiger partial charge >= 0.3 is 6.09 Å². The molecular formula is C29H35N7O3. The minimum atomic E-state index is -1.10. The number of pyridine rings is 1. The van der Waals surface area contributed by atoms with Crippen LogP contribution in [-0.4, -0.2) is 50.7 Å². The maximum absolute atomic E-state index is 11.4. The zero-order chi connectivity index (χ0) is 27.7. The molecule has 1 amide bonds. The Morgan fingerprint density at radius 3 is 2.82 bits per heavy atom. The van der Waals surface area contributed by atoms with Gasteiger partial charge in [0, 0.05) is 41.7 Å². The predicted molar refractivity (Wildman–Crippen MR) is 152 cm³/mol. The van der Waals surface area contributed by atoms with Crippen LogP contribution in [0.1, 0.15) is 44.0 Å². The molecule has 10 nitrogen and oxygen atoms in total. The first-order valence-electron chi connectivity index (χ1n) is 13.2. The number of amides is 1. The standard InChI is InChI=1S/C29H35N7O3/c1-5-36(28(37)38)18(2)34-26-23(30)13-20(15-31-26)19-6-7-25-21(12-19)16-35(10-11-39-25)27-22-14-29(3,4)9-8-24(22)32-17-33-27/h6-7,12-13,15,17H,2,5,8-11,14,16,30H2,1,3-4H3,(H,31,34)(H,37,38). The molecule has 10 heteroatoms. The van der Waals surface area contributed by atoms with Gasteiger partial charge in [0.05, 0.1) is 12.2 Å². The maximum atomic E-state index is 11.4.